The SMILES string of the molecule is CCc1nc(NC)cc(N(C)CC2CCN(C)C2)n1. The Morgan fingerprint density at radius 1 is 1.47 bits per heavy atom. The maximum absolute atomic E-state index is 4.62. The number of likely N-dealkylation sites (tertiary alicyclic amines) is 1. The van der Waals surface area contributed by atoms with Crippen LogP contribution in [0.25, 0.3) is 0 Å². The molecule has 5 nitrogen and oxygen atoms in total. The fourth-order valence-corrected chi connectivity index (χ4v) is 2.62. The van der Waals surface area contributed by atoms with Crippen LogP contribution >= 0.6 is 0 Å². The largest absolute Gasteiger partial charge is 0.373 e. The molecule has 1 atom stereocenters. The average molecular weight is 263 g/mol. The Kier molecular flexibility index (Phi) is 4.58. The minimum atomic E-state index is 0.744. The predicted octanol–water partition coefficient (Wildman–Crippen LogP) is 1.47. The Labute approximate surface area is 116 Å². The van der Waals surface area contributed by atoms with Gasteiger partial charge in [-0.2, -0.15) is 0 Å². The van der Waals surface area contributed by atoms with Crippen LogP contribution in [0.4, 0.5) is 11.6 Å². The molecule has 0 saturated carbocycles. The Balaban J connectivity index is 2.07. The van der Waals surface area contributed by atoms with Crippen LogP contribution < -0.4 is 10.2 Å². The maximum atomic E-state index is 4.62. The highest BCUT2D eigenvalue weighted by Crippen LogP contribution is 2.20. The van der Waals surface area contributed by atoms with Crippen molar-refractivity contribution in [3.63, 3.8) is 0 Å². The lowest BCUT2D eigenvalue weighted by Gasteiger charge is -2.23. The quantitative estimate of drug-likeness (QED) is 0.871. The third-order valence-corrected chi connectivity index (χ3v) is 3.74. The lowest BCUT2D eigenvalue weighted by molar-refractivity contribution is 0.395. The van der Waals surface area contributed by atoms with Crippen molar-refractivity contribution in [2.75, 3.05) is 51.0 Å². The van der Waals surface area contributed by atoms with Crippen LogP contribution in [0.5, 0.6) is 0 Å². The fourth-order valence-electron chi connectivity index (χ4n) is 2.62. The molecule has 1 aliphatic heterocycles. The van der Waals surface area contributed by atoms with Crippen molar-refractivity contribution in [2.45, 2.75) is 19.8 Å². The first-order chi connectivity index (χ1) is 9.12. The molecule has 106 valence electrons. The first-order valence-corrected chi connectivity index (χ1v) is 7.07. The van der Waals surface area contributed by atoms with Gasteiger partial charge in [0.2, 0.25) is 0 Å². The topological polar surface area (TPSA) is 44.3 Å². The van der Waals surface area contributed by atoms with Crippen molar-refractivity contribution in [3.05, 3.63) is 11.9 Å². The molecule has 1 unspecified atom stereocenters. The molecule has 19 heavy (non-hydrogen) atoms. The van der Waals surface area contributed by atoms with E-state index < -0.39 is 0 Å². The van der Waals surface area contributed by atoms with Gasteiger partial charge in [-0.3, -0.25) is 0 Å². The van der Waals surface area contributed by atoms with E-state index in [2.05, 4.69) is 46.1 Å². The minimum absolute atomic E-state index is 0.744. The standard InChI is InChI=1S/C14H25N5/c1-5-12-16-13(15-2)8-14(17-12)19(4)10-11-6-7-18(3)9-11/h8,11H,5-7,9-10H2,1-4H3,(H,15,16,17). The van der Waals surface area contributed by atoms with Crippen LogP contribution in [0, 0.1) is 5.92 Å². The molecule has 0 aromatic carbocycles. The molecule has 1 aromatic rings. The van der Waals surface area contributed by atoms with E-state index >= 15 is 0 Å². The summed E-state index contributed by atoms with van der Waals surface area (Å²) in [5, 5.41) is 3.11. The molecular weight excluding hydrogens is 238 g/mol. The monoisotopic (exact) mass is 263 g/mol. The van der Waals surface area contributed by atoms with E-state index in [1.54, 1.807) is 0 Å². The number of hydrogen-bond acceptors (Lipinski definition) is 5. The highest BCUT2D eigenvalue weighted by Gasteiger charge is 2.21. The molecule has 2 rings (SSSR count). The Morgan fingerprint density at radius 2 is 2.26 bits per heavy atom. The number of rotatable bonds is 5. The van der Waals surface area contributed by atoms with Gasteiger partial charge in [0.05, 0.1) is 0 Å². The Morgan fingerprint density at radius 3 is 2.84 bits per heavy atom. The molecular formula is C14H25N5. The second-order valence-electron chi connectivity index (χ2n) is 5.43. The lowest BCUT2D eigenvalue weighted by Crippen LogP contribution is -2.28. The van der Waals surface area contributed by atoms with Gasteiger partial charge in [0.15, 0.2) is 0 Å². The second kappa shape index (κ2) is 6.19. The zero-order valence-electron chi connectivity index (χ0n) is 12.5. The average Bonchev–Trinajstić information content (AvgIpc) is 2.83. The van der Waals surface area contributed by atoms with Crippen molar-refractivity contribution >= 4 is 11.6 Å². The number of nitrogens with zero attached hydrogens (tertiary/aromatic N) is 4. The highest BCUT2D eigenvalue weighted by molar-refractivity contribution is 5.48. The van der Waals surface area contributed by atoms with Gasteiger partial charge >= 0.3 is 0 Å². The first-order valence-electron chi connectivity index (χ1n) is 7.07. The van der Waals surface area contributed by atoms with Gasteiger partial charge in [0.1, 0.15) is 17.5 Å². The summed E-state index contributed by atoms with van der Waals surface area (Å²) < 4.78 is 0. The van der Waals surface area contributed by atoms with Gasteiger partial charge in [-0.1, -0.05) is 6.92 Å². The third-order valence-electron chi connectivity index (χ3n) is 3.74. The van der Waals surface area contributed by atoms with Crippen LogP contribution in [-0.4, -0.2) is 55.6 Å². The summed E-state index contributed by atoms with van der Waals surface area (Å²) in [6, 6.07) is 2.03. The molecule has 5 heteroatoms. The second-order valence-corrected chi connectivity index (χ2v) is 5.43. The molecule has 1 saturated heterocycles. The van der Waals surface area contributed by atoms with E-state index in [9.17, 15) is 0 Å². The molecule has 1 fully saturated rings. The van der Waals surface area contributed by atoms with E-state index in [1.807, 2.05) is 13.1 Å². The van der Waals surface area contributed by atoms with Crippen molar-refractivity contribution in [1.82, 2.24) is 14.9 Å². The lowest BCUT2D eigenvalue weighted by atomic mass is 10.1. The summed E-state index contributed by atoms with van der Waals surface area (Å²) in [4.78, 5) is 13.7. The smallest absolute Gasteiger partial charge is 0.134 e. The van der Waals surface area contributed by atoms with Crippen LogP contribution in [-0.2, 0) is 6.42 Å². The zero-order valence-corrected chi connectivity index (χ0v) is 12.5. The molecule has 0 radical (unpaired) electrons. The normalized spacial score (nSPS) is 19.7. The zero-order chi connectivity index (χ0) is 13.8. The summed E-state index contributed by atoms with van der Waals surface area (Å²) in [6.45, 7) is 5.55. The number of nitrogens with one attached hydrogen (secondary N) is 1. The van der Waals surface area contributed by atoms with E-state index in [-0.39, 0.29) is 0 Å². The molecule has 0 spiro atoms. The van der Waals surface area contributed by atoms with Gasteiger partial charge in [-0.25, -0.2) is 9.97 Å². The van der Waals surface area contributed by atoms with Crippen LogP contribution in [0.2, 0.25) is 0 Å². The van der Waals surface area contributed by atoms with Gasteiger partial charge < -0.3 is 15.1 Å². The fraction of sp³-hybridized carbons (Fsp3) is 0.714. The number of anilines is 2. The van der Waals surface area contributed by atoms with Gasteiger partial charge in [0, 0.05) is 39.7 Å². The van der Waals surface area contributed by atoms with Crippen LogP contribution in [0.3, 0.4) is 0 Å². The molecule has 1 aromatic heterocycles. The number of aryl methyl sites for hydroxylation is 1. The van der Waals surface area contributed by atoms with Gasteiger partial charge in [0.25, 0.3) is 0 Å². The summed E-state index contributed by atoms with van der Waals surface area (Å²) in [5.74, 6) is 3.56. The molecule has 1 aliphatic rings. The molecule has 1 N–H and O–H groups in total. The van der Waals surface area contributed by atoms with Gasteiger partial charge in [-0.05, 0) is 25.9 Å². The first kappa shape index (κ1) is 14.1. The van der Waals surface area contributed by atoms with E-state index in [0.717, 1.165) is 36.3 Å². The predicted molar refractivity (Wildman–Crippen MR) is 79.8 cm³/mol. The van der Waals surface area contributed by atoms with Crippen molar-refractivity contribution in [3.8, 4) is 0 Å². The molecule has 0 aliphatic carbocycles. The highest BCUT2D eigenvalue weighted by atomic mass is 15.2. The third kappa shape index (κ3) is 3.56. The molecule has 0 bridgehead atoms. The molecule has 0 amide bonds. The minimum Gasteiger partial charge on any atom is -0.373 e. The van der Waals surface area contributed by atoms with Crippen molar-refractivity contribution in [2.24, 2.45) is 5.92 Å². The van der Waals surface area contributed by atoms with Crippen LogP contribution in [0.1, 0.15) is 19.2 Å². The number of aromatic nitrogens is 2. The summed E-state index contributed by atoms with van der Waals surface area (Å²) in [5.41, 5.74) is 0. The molecule has 2 heterocycles. The maximum Gasteiger partial charge on any atom is 0.134 e. The number of hydrogen-bond donors (Lipinski definition) is 1. The van der Waals surface area contributed by atoms with E-state index in [0.29, 0.717) is 0 Å². The van der Waals surface area contributed by atoms with Crippen molar-refractivity contribution < 1.29 is 0 Å². The van der Waals surface area contributed by atoms with E-state index in [1.165, 1.54) is 19.5 Å². The summed E-state index contributed by atoms with van der Waals surface area (Å²) in [6.07, 6.45) is 2.15. The van der Waals surface area contributed by atoms with Crippen LogP contribution in [0.15, 0.2) is 6.07 Å². The Bertz CT molecular complexity index is 398. The van der Waals surface area contributed by atoms with Gasteiger partial charge in [-0.15, -0.1) is 0 Å². The van der Waals surface area contributed by atoms with Crippen molar-refractivity contribution in [1.29, 1.82) is 0 Å². The van der Waals surface area contributed by atoms with E-state index in [4.69, 9.17) is 0 Å². The Hall–Kier alpha value is -1.36. The summed E-state index contributed by atoms with van der Waals surface area (Å²) in [7, 11) is 6.22. The summed E-state index contributed by atoms with van der Waals surface area (Å²) >= 11 is 0.